The van der Waals surface area contributed by atoms with E-state index < -0.39 is 16.0 Å². The molecule has 0 unspecified atom stereocenters. The molecular formula is C15H15NO5S. The second-order valence-electron chi connectivity index (χ2n) is 4.31. The Morgan fingerprint density at radius 3 is 2.50 bits per heavy atom. The largest absolute Gasteiger partial charge is 0.482 e. The number of nitrogens with one attached hydrogen (secondary N) is 1. The van der Waals surface area contributed by atoms with Crippen LogP contribution in [0.1, 0.15) is 0 Å². The summed E-state index contributed by atoms with van der Waals surface area (Å²) < 4.78 is 36.5. The average molecular weight is 321 g/mol. The number of rotatable bonds is 6. The Labute approximate surface area is 128 Å². The first-order valence-corrected chi connectivity index (χ1v) is 7.87. The summed E-state index contributed by atoms with van der Waals surface area (Å²) in [6, 6.07) is 14.3. The number of carbonyl (C=O) groups excluding carboxylic acids is 1. The summed E-state index contributed by atoms with van der Waals surface area (Å²) in [6.07, 6.45) is 0. The normalized spacial score (nSPS) is 10.8. The smallest absolute Gasteiger partial charge is 0.343 e. The van der Waals surface area contributed by atoms with E-state index in [4.69, 9.17) is 4.74 Å². The number of sulfonamides is 1. The SMILES string of the molecule is COC(=O)COc1cccc(NS(=O)(=O)c2ccccc2)c1. The standard InChI is InChI=1S/C15H15NO5S/c1-20-15(17)11-21-13-7-5-6-12(10-13)16-22(18,19)14-8-3-2-4-9-14/h2-10,16H,11H2,1H3. The Kier molecular flexibility index (Phi) is 5.00. The van der Waals surface area contributed by atoms with Crippen molar-refractivity contribution in [1.29, 1.82) is 0 Å². The molecule has 0 radical (unpaired) electrons. The molecule has 116 valence electrons. The molecule has 0 saturated heterocycles. The van der Waals surface area contributed by atoms with Crippen LogP contribution in [-0.2, 0) is 19.6 Å². The zero-order valence-electron chi connectivity index (χ0n) is 11.9. The van der Waals surface area contributed by atoms with Gasteiger partial charge in [-0.1, -0.05) is 24.3 Å². The van der Waals surface area contributed by atoms with Gasteiger partial charge >= 0.3 is 5.97 Å². The molecule has 2 aromatic carbocycles. The van der Waals surface area contributed by atoms with Gasteiger partial charge in [-0.15, -0.1) is 0 Å². The highest BCUT2D eigenvalue weighted by Gasteiger charge is 2.13. The lowest BCUT2D eigenvalue weighted by molar-refractivity contribution is -0.142. The van der Waals surface area contributed by atoms with Gasteiger partial charge in [0.2, 0.25) is 0 Å². The molecule has 0 aliphatic carbocycles. The predicted octanol–water partition coefficient (Wildman–Crippen LogP) is 2.04. The number of carbonyl (C=O) groups is 1. The third kappa shape index (κ3) is 4.23. The van der Waals surface area contributed by atoms with Crippen LogP contribution in [0.25, 0.3) is 0 Å². The fourth-order valence-corrected chi connectivity index (χ4v) is 2.73. The number of hydrogen-bond donors (Lipinski definition) is 1. The molecule has 2 rings (SSSR count). The van der Waals surface area contributed by atoms with Gasteiger partial charge < -0.3 is 9.47 Å². The van der Waals surface area contributed by atoms with E-state index in [0.29, 0.717) is 11.4 Å². The van der Waals surface area contributed by atoms with Crippen molar-refractivity contribution in [1.82, 2.24) is 0 Å². The van der Waals surface area contributed by atoms with E-state index >= 15 is 0 Å². The van der Waals surface area contributed by atoms with Crippen LogP contribution in [0.5, 0.6) is 5.75 Å². The molecule has 0 amide bonds. The lowest BCUT2D eigenvalue weighted by Gasteiger charge is -2.10. The van der Waals surface area contributed by atoms with Crippen LogP contribution in [0.3, 0.4) is 0 Å². The maximum Gasteiger partial charge on any atom is 0.343 e. The first-order chi connectivity index (χ1) is 10.5. The maximum atomic E-state index is 12.2. The summed E-state index contributed by atoms with van der Waals surface area (Å²) in [4.78, 5) is 11.2. The van der Waals surface area contributed by atoms with Crippen LogP contribution < -0.4 is 9.46 Å². The summed E-state index contributed by atoms with van der Waals surface area (Å²) >= 11 is 0. The highest BCUT2D eigenvalue weighted by atomic mass is 32.2. The van der Waals surface area contributed by atoms with E-state index in [-0.39, 0.29) is 11.5 Å². The van der Waals surface area contributed by atoms with Crippen molar-refractivity contribution in [3.05, 3.63) is 54.6 Å². The first kappa shape index (κ1) is 15.8. The monoisotopic (exact) mass is 321 g/mol. The van der Waals surface area contributed by atoms with Gasteiger partial charge in [0, 0.05) is 6.07 Å². The summed E-state index contributed by atoms with van der Waals surface area (Å²) in [5, 5.41) is 0. The van der Waals surface area contributed by atoms with Crippen LogP contribution in [-0.4, -0.2) is 28.1 Å². The topological polar surface area (TPSA) is 81.7 Å². The Hall–Kier alpha value is -2.54. The number of hydrogen-bond acceptors (Lipinski definition) is 5. The molecule has 22 heavy (non-hydrogen) atoms. The molecule has 0 aliphatic rings. The van der Waals surface area contributed by atoms with Crippen LogP contribution in [0, 0.1) is 0 Å². The Morgan fingerprint density at radius 1 is 1.09 bits per heavy atom. The number of methoxy groups -OCH3 is 1. The third-order valence-electron chi connectivity index (χ3n) is 2.72. The van der Waals surface area contributed by atoms with Gasteiger partial charge in [0.05, 0.1) is 17.7 Å². The second-order valence-corrected chi connectivity index (χ2v) is 5.99. The van der Waals surface area contributed by atoms with Crippen LogP contribution in [0.2, 0.25) is 0 Å². The second kappa shape index (κ2) is 6.95. The summed E-state index contributed by atoms with van der Waals surface area (Å²) in [5.41, 5.74) is 0.339. The van der Waals surface area contributed by atoms with Gasteiger partial charge in [-0.2, -0.15) is 0 Å². The summed E-state index contributed by atoms with van der Waals surface area (Å²) in [5.74, 6) is -0.158. The van der Waals surface area contributed by atoms with Gasteiger partial charge in [0.25, 0.3) is 10.0 Å². The number of esters is 1. The summed E-state index contributed by atoms with van der Waals surface area (Å²) in [7, 11) is -2.40. The third-order valence-corrected chi connectivity index (χ3v) is 4.12. The molecule has 1 N–H and O–H groups in total. The molecule has 0 spiro atoms. The Morgan fingerprint density at radius 2 is 1.82 bits per heavy atom. The minimum absolute atomic E-state index is 0.163. The fraction of sp³-hybridized carbons (Fsp3) is 0.133. The molecule has 0 saturated carbocycles. The van der Waals surface area contributed by atoms with Gasteiger partial charge in [0.15, 0.2) is 6.61 Å². The molecule has 0 atom stereocenters. The van der Waals surface area contributed by atoms with Crippen LogP contribution in [0.15, 0.2) is 59.5 Å². The molecule has 0 bridgehead atoms. The number of anilines is 1. The molecule has 0 aliphatic heterocycles. The molecule has 2 aromatic rings. The first-order valence-electron chi connectivity index (χ1n) is 6.39. The van der Waals surface area contributed by atoms with E-state index in [1.54, 1.807) is 36.4 Å². The molecular weight excluding hydrogens is 306 g/mol. The highest BCUT2D eigenvalue weighted by Crippen LogP contribution is 2.20. The zero-order valence-corrected chi connectivity index (χ0v) is 12.7. The minimum atomic E-state index is -3.66. The van der Waals surface area contributed by atoms with Crippen LogP contribution in [0.4, 0.5) is 5.69 Å². The van der Waals surface area contributed by atoms with Crippen molar-refractivity contribution >= 4 is 21.7 Å². The Bertz CT molecular complexity index is 744. The van der Waals surface area contributed by atoms with Gasteiger partial charge in [0.1, 0.15) is 5.75 Å². The minimum Gasteiger partial charge on any atom is -0.482 e. The van der Waals surface area contributed by atoms with E-state index in [0.717, 1.165) is 0 Å². The lowest BCUT2D eigenvalue weighted by Crippen LogP contribution is -2.14. The fourth-order valence-electron chi connectivity index (χ4n) is 1.66. The molecule has 6 nitrogen and oxygen atoms in total. The van der Waals surface area contributed by atoms with Crippen LogP contribution >= 0.6 is 0 Å². The quantitative estimate of drug-likeness (QED) is 0.823. The van der Waals surface area contributed by atoms with Crippen molar-refractivity contribution in [2.75, 3.05) is 18.4 Å². The predicted molar refractivity (Wildman–Crippen MR) is 81.2 cm³/mol. The van der Waals surface area contributed by atoms with E-state index in [1.165, 1.54) is 25.3 Å². The van der Waals surface area contributed by atoms with E-state index in [2.05, 4.69) is 9.46 Å². The van der Waals surface area contributed by atoms with Gasteiger partial charge in [-0.3, -0.25) is 4.72 Å². The van der Waals surface area contributed by atoms with Crippen molar-refractivity contribution < 1.29 is 22.7 Å². The summed E-state index contributed by atoms with van der Waals surface area (Å²) in [6.45, 7) is -0.245. The lowest BCUT2D eigenvalue weighted by atomic mass is 10.3. The van der Waals surface area contributed by atoms with Gasteiger partial charge in [-0.05, 0) is 24.3 Å². The molecule has 7 heteroatoms. The van der Waals surface area contributed by atoms with Crippen molar-refractivity contribution in [2.45, 2.75) is 4.90 Å². The molecule has 0 heterocycles. The van der Waals surface area contributed by atoms with E-state index in [1.807, 2.05) is 0 Å². The highest BCUT2D eigenvalue weighted by molar-refractivity contribution is 7.92. The number of benzene rings is 2. The molecule has 0 fully saturated rings. The zero-order chi connectivity index (χ0) is 16.0. The molecule has 0 aromatic heterocycles. The van der Waals surface area contributed by atoms with Gasteiger partial charge in [-0.25, -0.2) is 13.2 Å². The van der Waals surface area contributed by atoms with E-state index in [9.17, 15) is 13.2 Å². The van der Waals surface area contributed by atoms with Crippen molar-refractivity contribution in [3.8, 4) is 5.75 Å². The maximum absolute atomic E-state index is 12.2. The Balaban J connectivity index is 2.12. The average Bonchev–Trinajstić information content (AvgIpc) is 2.53. The van der Waals surface area contributed by atoms with Crippen molar-refractivity contribution in [2.24, 2.45) is 0 Å². The van der Waals surface area contributed by atoms with Crippen molar-refractivity contribution in [3.63, 3.8) is 0 Å². The number of ether oxygens (including phenoxy) is 2.